The molecule has 11 heteroatoms. The van der Waals surface area contributed by atoms with Crippen molar-refractivity contribution in [3.63, 3.8) is 0 Å². The highest BCUT2D eigenvalue weighted by atomic mass is 16.2. The van der Waals surface area contributed by atoms with E-state index in [4.69, 9.17) is 0 Å². The lowest BCUT2D eigenvalue weighted by molar-refractivity contribution is -0.132. The van der Waals surface area contributed by atoms with Crippen molar-refractivity contribution in [1.29, 1.82) is 0 Å². The van der Waals surface area contributed by atoms with Gasteiger partial charge in [-0.15, -0.1) is 0 Å². The van der Waals surface area contributed by atoms with Gasteiger partial charge >= 0.3 is 6.03 Å². The van der Waals surface area contributed by atoms with Crippen molar-refractivity contribution in [2.24, 2.45) is 18.4 Å². The van der Waals surface area contributed by atoms with Crippen LogP contribution in [0.3, 0.4) is 0 Å². The molecule has 248 valence electrons. The summed E-state index contributed by atoms with van der Waals surface area (Å²) in [7, 11) is 3.31. The van der Waals surface area contributed by atoms with E-state index in [0.717, 1.165) is 49.7 Å². The first-order chi connectivity index (χ1) is 22.6. The number of carbonyl (C=O) groups is 4. The summed E-state index contributed by atoms with van der Waals surface area (Å²) in [6.07, 6.45) is 7.91. The Balaban J connectivity index is 1.22. The highest BCUT2D eigenvalue weighted by Crippen LogP contribution is 2.40. The highest BCUT2D eigenvalue weighted by Gasteiger charge is 2.53. The molecule has 0 radical (unpaired) electrons. The van der Waals surface area contributed by atoms with Crippen LogP contribution in [0.2, 0.25) is 0 Å². The van der Waals surface area contributed by atoms with E-state index < -0.39 is 11.6 Å². The van der Waals surface area contributed by atoms with Gasteiger partial charge in [-0.05, 0) is 60.1 Å². The average Bonchev–Trinajstić information content (AvgIpc) is 3.69. The van der Waals surface area contributed by atoms with Gasteiger partial charge in [0.25, 0.3) is 5.91 Å². The molecule has 1 saturated carbocycles. The maximum Gasteiger partial charge on any atom is 0.318 e. The first kappa shape index (κ1) is 32.3. The summed E-state index contributed by atoms with van der Waals surface area (Å²) in [6.45, 7) is 3.09. The molecule has 1 aromatic heterocycles. The number of fused-ring (bicyclic) bond motifs is 1. The van der Waals surface area contributed by atoms with E-state index in [1.54, 1.807) is 31.3 Å². The topological polar surface area (TPSA) is 137 Å². The van der Waals surface area contributed by atoms with Crippen LogP contribution >= 0.6 is 0 Å². The summed E-state index contributed by atoms with van der Waals surface area (Å²) in [5, 5.41) is 16.1. The molecular weight excluding hydrogens is 594 g/mol. The second-order valence-electron chi connectivity index (χ2n) is 13.8. The number of benzene rings is 2. The van der Waals surface area contributed by atoms with Crippen molar-refractivity contribution >= 4 is 29.4 Å². The lowest BCUT2D eigenvalue weighted by Gasteiger charge is -2.48. The standard InChI is InChI=1S/C36H45N7O4/c1-35(19-24-10-6-4-7-11-24)22-38-34(47)43(23-35)36(33(46)37-2)20-26-14-15-28(18-27(26)21-36)40-32(45)30(25-12-8-5-9-13-25)41-31(44)29-16-17-39-42(29)3/h4,6-7,10-11,14-18,25,30H,5,8-9,12-13,19-23H2,1-3H3,(H,37,46)(H,38,47)(H,40,45)(H,41,44)/t30-,35?,36?/m0/s1. The Morgan fingerprint density at radius 1 is 1.02 bits per heavy atom. The van der Waals surface area contributed by atoms with Crippen LogP contribution in [0.15, 0.2) is 60.8 Å². The lowest BCUT2D eigenvalue weighted by Crippen LogP contribution is -2.69. The second-order valence-corrected chi connectivity index (χ2v) is 13.8. The van der Waals surface area contributed by atoms with Crippen LogP contribution in [0.25, 0.3) is 0 Å². The van der Waals surface area contributed by atoms with E-state index >= 15 is 0 Å². The molecule has 0 spiro atoms. The molecule has 47 heavy (non-hydrogen) atoms. The number of urea groups is 1. The molecule has 3 atom stereocenters. The van der Waals surface area contributed by atoms with E-state index in [1.807, 2.05) is 36.4 Å². The molecule has 2 aliphatic carbocycles. The van der Waals surface area contributed by atoms with Gasteiger partial charge in [0.2, 0.25) is 11.8 Å². The minimum Gasteiger partial charge on any atom is -0.357 e. The Hall–Kier alpha value is -4.67. The van der Waals surface area contributed by atoms with Gasteiger partial charge in [0.15, 0.2) is 0 Å². The monoisotopic (exact) mass is 639 g/mol. The van der Waals surface area contributed by atoms with Crippen molar-refractivity contribution in [2.45, 2.75) is 69.9 Å². The molecule has 0 bridgehead atoms. The van der Waals surface area contributed by atoms with Gasteiger partial charge in [0.1, 0.15) is 17.3 Å². The fraction of sp³-hybridized carbons (Fsp3) is 0.472. The molecule has 3 aliphatic rings. The van der Waals surface area contributed by atoms with Gasteiger partial charge in [0, 0.05) is 57.3 Å². The van der Waals surface area contributed by atoms with E-state index in [9.17, 15) is 19.2 Å². The van der Waals surface area contributed by atoms with Crippen molar-refractivity contribution < 1.29 is 19.2 Å². The van der Waals surface area contributed by atoms with E-state index in [0.29, 0.717) is 37.3 Å². The maximum absolute atomic E-state index is 13.8. The molecule has 4 N–H and O–H groups in total. The van der Waals surface area contributed by atoms with Crippen molar-refractivity contribution in [3.8, 4) is 0 Å². The van der Waals surface area contributed by atoms with E-state index in [2.05, 4.69) is 45.4 Å². The molecule has 11 nitrogen and oxygen atoms in total. The van der Waals surface area contributed by atoms with Crippen LogP contribution in [0.4, 0.5) is 10.5 Å². The number of hydrogen-bond acceptors (Lipinski definition) is 5. The molecular formula is C36H45N7O4. The van der Waals surface area contributed by atoms with Crippen LogP contribution in [-0.2, 0) is 35.9 Å². The normalized spacial score (nSPS) is 23.4. The number of hydrogen-bond donors (Lipinski definition) is 4. The zero-order valence-electron chi connectivity index (χ0n) is 27.5. The number of aromatic nitrogens is 2. The minimum absolute atomic E-state index is 0.0269. The predicted molar refractivity (Wildman–Crippen MR) is 179 cm³/mol. The third-order valence-corrected chi connectivity index (χ3v) is 10.3. The maximum atomic E-state index is 13.8. The number of rotatable bonds is 9. The van der Waals surface area contributed by atoms with Crippen molar-refractivity contribution in [1.82, 2.24) is 30.6 Å². The van der Waals surface area contributed by atoms with Crippen LogP contribution in [0.5, 0.6) is 0 Å². The van der Waals surface area contributed by atoms with Crippen LogP contribution in [0.1, 0.15) is 66.2 Å². The average molecular weight is 640 g/mol. The summed E-state index contributed by atoms with van der Waals surface area (Å²) >= 11 is 0. The van der Waals surface area contributed by atoms with Crippen LogP contribution in [-0.4, -0.2) is 70.2 Å². The summed E-state index contributed by atoms with van der Waals surface area (Å²) in [5.41, 5.74) is 2.64. The summed E-state index contributed by atoms with van der Waals surface area (Å²) < 4.78 is 1.50. The largest absolute Gasteiger partial charge is 0.357 e. The number of carbonyl (C=O) groups excluding carboxylic acids is 4. The SMILES string of the molecule is CNC(=O)C1(N2CC(C)(Cc3ccccc3)CNC2=O)Cc2ccc(NC(=O)[C@@H](NC(=O)c3ccnn3C)C3CCCCC3)cc2C1. The van der Waals surface area contributed by atoms with Gasteiger partial charge < -0.3 is 26.2 Å². The zero-order valence-corrected chi connectivity index (χ0v) is 27.5. The van der Waals surface area contributed by atoms with Gasteiger partial charge in [0.05, 0.1) is 0 Å². The van der Waals surface area contributed by atoms with Gasteiger partial charge in [-0.2, -0.15) is 5.10 Å². The number of nitrogens with one attached hydrogen (secondary N) is 4. The Kier molecular flexibility index (Phi) is 9.07. The Morgan fingerprint density at radius 2 is 1.77 bits per heavy atom. The van der Waals surface area contributed by atoms with Gasteiger partial charge in [-0.3, -0.25) is 19.1 Å². The Morgan fingerprint density at radius 3 is 2.47 bits per heavy atom. The molecule has 5 amide bonds. The predicted octanol–water partition coefficient (Wildman–Crippen LogP) is 3.60. The first-order valence-electron chi connectivity index (χ1n) is 16.6. The highest BCUT2D eigenvalue weighted by molar-refractivity contribution is 6.01. The fourth-order valence-electron chi connectivity index (χ4n) is 7.78. The molecule has 2 heterocycles. The minimum atomic E-state index is -1.11. The lowest BCUT2D eigenvalue weighted by atomic mass is 9.79. The molecule has 1 saturated heterocycles. The third-order valence-electron chi connectivity index (χ3n) is 10.3. The fourth-order valence-corrected chi connectivity index (χ4v) is 7.78. The number of nitrogens with zero attached hydrogens (tertiary/aromatic N) is 3. The molecule has 2 unspecified atom stereocenters. The Bertz CT molecular complexity index is 1650. The second kappa shape index (κ2) is 13.2. The van der Waals surface area contributed by atoms with Crippen molar-refractivity contribution in [3.05, 3.63) is 83.2 Å². The molecule has 2 fully saturated rings. The summed E-state index contributed by atoms with van der Waals surface area (Å²) in [4.78, 5) is 55.9. The number of aryl methyl sites for hydroxylation is 1. The van der Waals surface area contributed by atoms with Crippen molar-refractivity contribution in [2.75, 3.05) is 25.5 Å². The van der Waals surface area contributed by atoms with Crippen LogP contribution in [0, 0.1) is 11.3 Å². The van der Waals surface area contributed by atoms with Gasteiger partial charge in [-0.25, -0.2) is 4.79 Å². The molecule has 6 rings (SSSR count). The van der Waals surface area contributed by atoms with Crippen LogP contribution < -0.4 is 21.3 Å². The third kappa shape index (κ3) is 6.61. The number of amides is 5. The smallest absolute Gasteiger partial charge is 0.318 e. The summed E-state index contributed by atoms with van der Waals surface area (Å²) in [6, 6.07) is 16.6. The first-order valence-corrected chi connectivity index (χ1v) is 16.6. The van der Waals surface area contributed by atoms with Gasteiger partial charge in [-0.1, -0.05) is 62.6 Å². The molecule has 3 aromatic rings. The summed E-state index contributed by atoms with van der Waals surface area (Å²) in [5.74, 6) is -0.790. The zero-order chi connectivity index (χ0) is 33.2. The number of anilines is 1. The quantitative estimate of drug-likeness (QED) is 0.284. The molecule has 2 aromatic carbocycles. The van der Waals surface area contributed by atoms with E-state index in [1.165, 1.54) is 10.2 Å². The number of likely N-dealkylation sites (N-methyl/N-ethyl adjacent to an activating group) is 1. The van der Waals surface area contributed by atoms with E-state index in [-0.39, 0.29) is 35.1 Å². The molecule has 1 aliphatic heterocycles. The Labute approximate surface area is 275 Å².